The number of hydroxylamine groups is 3. The van der Waals surface area contributed by atoms with Crippen LogP contribution in [-0.2, 0) is 0 Å². The summed E-state index contributed by atoms with van der Waals surface area (Å²) in [4.78, 5) is 15.7. The van der Waals surface area contributed by atoms with Crippen molar-refractivity contribution in [2.45, 2.75) is 55.9 Å². The van der Waals surface area contributed by atoms with Crippen molar-refractivity contribution in [1.29, 1.82) is 0 Å². The normalized spacial score (nSPS) is 30.0. The lowest BCUT2D eigenvalue weighted by atomic mass is 9.94. The quantitative estimate of drug-likeness (QED) is 0.253. The highest BCUT2D eigenvalue weighted by Crippen LogP contribution is 2.46. The Kier molecular flexibility index (Phi) is 6.02. The average molecular weight is 593 g/mol. The van der Waals surface area contributed by atoms with Gasteiger partial charge in [0, 0.05) is 61.6 Å². The highest BCUT2D eigenvalue weighted by molar-refractivity contribution is 6.00. The van der Waals surface area contributed by atoms with Crippen LogP contribution >= 0.6 is 0 Å². The SMILES string of the molecule is [O-][N+]12CCC[C@@]1(COc1nc(N3CC4CCC(C3)N4)c3cnc(-c4cc(O)cc5cccc(F)c45)c(F)c3n1)C[C@@H](F)C2. The Bertz CT molecular complexity index is 1760. The maximum absolute atomic E-state index is 16.6. The van der Waals surface area contributed by atoms with Gasteiger partial charge in [0.25, 0.3) is 0 Å². The number of benzene rings is 2. The number of phenolic OH excluding ortho intramolecular Hbond substituents is 1. The molecule has 3 unspecified atom stereocenters. The van der Waals surface area contributed by atoms with Crippen molar-refractivity contribution in [3.63, 3.8) is 0 Å². The van der Waals surface area contributed by atoms with Crippen LogP contribution in [0, 0.1) is 16.8 Å². The largest absolute Gasteiger partial charge is 0.632 e. The van der Waals surface area contributed by atoms with Gasteiger partial charge in [-0.25, -0.2) is 13.2 Å². The topological polar surface area (TPSA) is 106 Å². The Hall–Kier alpha value is -3.74. The molecule has 2 aromatic heterocycles. The van der Waals surface area contributed by atoms with E-state index in [0.717, 1.165) is 12.8 Å². The molecule has 5 atom stereocenters. The Labute approximate surface area is 245 Å². The number of aromatic hydroxyl groups is 1. The lowest BCUT2D eigenvalue weighted by Crippen LogP contribution is -2.55. The Morgan fingerprint density at radius 3 is 2.79 bits per heavy atom. The lowest BCUT2D eigenvalue weighted by Gasteiger charge is -2.46. The van der Waals surface area contributed by atoms with Gasteiger partial charge in [-0.2, -0.15) is 9.97 Å². The van der Waals surface area contributed by atoms with Crippen LogP contribution < -0.4 is 15.0 Å². The van der Waals surface area contributed by atoms with E-state index < -0.39 is 28.0 Å². The van der Waals surface area contributed by atoms with Crippen molar-refractivity contribution in [2.24, 2.45) is 0 Å². The molecule has 6 heterocycles. The first kappa shape index (κ1) is 26.9. The number of quaternary nitrogens is 1. The maximum atomic E-state index is 16.6. The van der Waals surface area contributed by atoms with Gasteiger partial charge in [0.05, 0.1) is 11.9 Å². The zero-order chi connectivity index (χ0) is 29.5. The first-order valence-electron chi connectivity index (χ1n) is 14.9. The monoisotopic (exact) mass is 592 g/mol. The van der Waals surface area contributed by atoms with Crippen LogP contribution in [0.1, 0.15) is 32.1 Å². The number of alkyl halides is 1. The summed E-state index contributed by atoms with van der Waals surface area (Å²) in [7, 11) is 0. The second-order valence-corrected chi connectivity index (χ2v) is 12.6. The van der Waals surface area contributed by atoms with Crippen molar-refractivity contribution >= 4 is 27.5 Å². The van der Waals surface area contributed by atoms with Crippen molar-refractivity contribution < 1.29 is 27.7 Å². The molecule has 2 N–H and O–H groups in total. The number of aromatic nitrogens is 3. The summed E-state index contributed by atoms with van der Waals surface area (Å²) < 4.78 is 51.5. The third-order valence-corrected chi connectivity index (χ3v) is 9.92. The number of ether oxygens (including phenoxy) is 1. The van der Waals surface area contributed by atoms with Gasteiger partial charge in [-0.1, -0.05) is 12.1 Å². The minimum absolute atomic E-state index is 0.0645. The minimum atomic E-state index is -1.20. The number of nitrogens with one attached hydrogen (secondary N) is 1. The summed E-state index contributed by atoms with van der Waals surface area (Å²) in [6, 6.07) is 7.55. The molecule has 0 radical (unpaired) electrons. The van der Waals surface area contributed by atoms with E-state index in [4.69, 9.17) is 9.72 Å². The van der Waals surface area contributed by atoms with Crippen LogP contribution in [0.3, 0.4) is 0 Å². The number of fused-ring (bicyclic) bond motifs is 5. The van der Waals surface area contributed by atoms with Crippen LogP contribution in [0.15, 0.2) is 36.5 Å². The van der Waals surface area contributed by atoms with Crippen molar-refractivity contribution in [3.8, 4) is 23.0 Å². The molecular formula is C31H31F3N6O3. The van der Waals surface area contributed by atoms with Crippen molar-refractivity contribution in [2.75, 3.05) is 37.7 Å². The summed E-state index contributed by atoms with van der Waals surface area (Å²) in [5.41, 5.74) is -1.07. The number of rotatable bonds is 5. The highest BCUT2D eigenvalue weighted by atomic mass is 19.1. The zero-order valence-corrected chi connectivity index (χ0v) is 23.4. The second kappa shape index (κ2) is 9.63. The summed E-state index contributed by atoms with van der Waals surface area (Å²) in [5, 5.41) is 28.3. The van der Waals surface area contributed by atoms with Crippen LogP contribution in [0.25, 0.3) is 32.9 Å². The van der Waals surface area contributed by atoms with Gasteiger partial charge in [-0.15, -0.1) is 0 Å². The Morgan fingerprint density at radius 1 is 1.16 bits per heavy atom. The zero-order valence-electron chi connectivity index (χ0n) is 23.4. The molecule has 2 aromatic carbocycles. The van der Waals surface area contributed by atoms with Gasteiger partial charge in [0.1, 0.15) is 47.3 Å². The fourth-order valence-electron chi connectivity index (χ4n) is 7.94. The van der Waals surface area contributed by atoms with E-state index in [1.165, 1.54) is 30.5 Å². The van der Waals surface area contributed by atoms with Gasteiger partial charge >= 0.3 is 6.01 Å². The third-order valence-electron chi connectivity index (χ3n) is 9.92. The number of piperazine rings is 1. The van der Waals surface area contributed by atoms with E-state index in [-0.39, 0.29) is 65.6 Å². The number of nitrogens with zero attached hydrogens (tertiary/aromatic N) is 5. The van der Waals surface area contributed by atoms with E-state index in [2.05, 4.69) is 20.2 Å². The van der Waals surface area contributed by atoms with Crippen LogP contribution in [0.2, 0.25) is 0 Å². The van der Waals surface area contributed by atoms with Crippen molar-refractivity contribution in [3.05, 3.63) is 53.4 Å². The second-order valence-electron chi connectivity index (χ2n) is 12.6. The van der Waals surface area contributed by atoms with Gasteiger partial charge in [-0.05, 0) is 36.4 Å². The van der Waals surface area contributed by atoms with Crippen LogP contribution in [-0.4, -0.2) is 81.3 Å². The van der Waals surface area contributed by atoms with Gasteiger partial charge in [0.2, 0.25) is 0 Å². The molecule has 4 aliphatic rings. The number of hydrogen-bond donors (Lipinski definition) is 2. The lowest BCUT2D eigenvalue weighted by molar-refractivity contribution is -0.906. The molecule has 43 heavy (non-hydrogen) atoms. The molecule has 9 nitrogen and oxygen atoms in total. The molecule has 4 fully saturated rings. The molecule has 224 valence electrons. The molecular weight excluding hydrogens is 561 g/mol. The van der Waals surface area contributed by atoms with Crippen LogP contribution in [0.4, 0.5) is 19.0 Å². The standard InChI is InChI=1S/C31H31F3N6O3/c32-18-11-31(7-2-8-40(31,42)15-18)16-43-30-37-28-23(29(38-30)39-13-19-5-6-20(14-39)36-19)12-35-27(26(28)34)22-10-21(41)9-17-3-1-4-24(33)25(17)22/h1,3-4,9-10,12,18-20,36,41H,2,5-8,11,13-16H2/t18-,19?,20?,31+,40?/m1/s1. The number of halogens is 3. The van der Waals surface area contributed by atoms with Crippen LogP contribution in [0.5, 0.6) is 11.8 Å². The number of phenols is 1. The first-order chi connectivity index (χ1) is 20.7. The summed E-state index contributed by atoms with van der Waals surface area (Å²) in [6.45, 7) is 1.49. The van der Waals surface area contributed by atoms with E-state index in [9.17, 15) is 14.7 Å². The summed E-state index contributed by atoms with van der Waals surface area (Å²) in [5.74, 6) is -1.08. The molecule has 0 saturated carbocycles. The van der Waals surface area contributed by atoms with Gasteiger partial charge in [-0.3, -0.25) is 4.98 Å². The summed E-state index contributed by atoms with van der Waals surface area (Å²) >= 11 is 0. The summed E-state index contributed by atoms with van der Waals surface area (Å²) in [6.07, 6.45) is 3.66. The van der Waals surface area contributed by atoms with Gasteiger partial charge in [0.15, 0.2) is 12.0 Å². The maximum Gasteiger partial charge on any atom is 0.319 e. The first-order valence-corrected chi connectivity index (χ1v) is 14.9. The molecule has 4 saturated heterocycles. The van der Waals surface area contributed by atoms with Crippen molar-refractivity contribution in [1.82, 2.24) is 20.3 Å². The Morgan fingerprint density at radius 2 is 1.98 bits per heavy atom. The number of anilines is 1. The molecule has 4 aromatic rings. The minimum Gasteiger partial charge on any atom is -0.632 e. The third kappa shape index (κ3) is 4.21. The molecule has 2 bridgehead atoms. The molecule has 12 heteroatoms. The number of pyridine rings is 1. The number of hydrogen-bond acceptors (Lipinski definition) is 8. The Balaban J connectivity index is 1.26. The molecule has 0 aliphatic carbocycles. The van der Waals surface area contributed by atoms with E-state index >= 15 is 8.78 Å². The molecule has 8 rings (SSSR count). The van der Waals surface area contributed by atoms with E-state index in [1.54, 1.807) is 6.07 Å². The van der Waals surface area contributed by atoms with E-state index in [0.29, 0.717) is 49.1 Å². The fourth-order valence-corrected chi connectivity index (χ4v) is 7.94. The predicted molar refractivity (Wildman–Crippen MR) is 154 cm³/mol. The fraction of sp³-hybridized carbons (Fsp3) is 0.452. The molecule has 0 amide bonds. The highest BCUT2D eigenvalue weighted by Gasteiger charge is 2.58. The molecule has 4 aliphatic heterocycles. The predicted octanol–water partition coefficient (Wildman–Crippen LogP) is 4.74. The van der Waals surface area contributed by atoms with Gasteiger partial charge < -0.3 is 29.9 Å². The molecule has 0 spiro atoms. The smallest absolute Gasteiger partial charge is 0.319 e. The van der Waals surface area contributed by atoms with E-state index in [1.807, 2.05) is 0 Å². The average Bonchev–Trinajstić information content (AvgIpc) is 3.56.